The van der Waals surface area contributed by atoms with Crippen LogP contribution in [0.3, 0.4) is 0 Å². The summed E-state index contributed by atoms with van der Waals surface area (Å²) in [6.07, 6.45) is 2.18. The van der Waals surface area contributed by atoms with Crippen LogP contribution in [0, 0.1) is 21.4 Å². The molecule has 0 aromatic heterocycles. The van der Waals surface area contributed by atoms with Gasteiger partial charge in [0.2, 0.25) is 0 Å². The zero-order chi connectivity index (χ0) is 12.3. The lowest BCUT2D eigenvalue weighted by atomic mass is 10.1. The molecule has 1 aliphatic rings. The molecule has 88 valence electrons. The molecule has 17 heavy (non-hydrogen) atoms. The Morgan fingerprint density at radius 3 is 2.71 bits per heavy atom. The third-order valence-corrected chi connectivity index (χ3v) is 3.02. The molecule has 0 bridgehead atoms. The van der Waals surface area contributed by atoms with Crippen molar-refractivity contribution in [3.8, 4) is 6.07 Å². The van der Waals surface area contributed by atoms with Gasteiger partial charge in [0.05, 0.1) is 11.0 Å². The van der Waals surface area contributed by atoms with E-state index >= 15 is 0 Å². The minimum atomic E-state index is -0.429. The number of nitro groups is 1. The summed E-state index contributed by atoms with van der Waals surface area (Å²) >= 11 is 0. The minimum absolute atomic E-state index is 0.0435. The average molecular weight is 231 g/mol. The first-order chi connectivity index (χ1) is 8.22. The maximum Gasteiger partial charge on any atom is 0.269 e. The van der Waals surface area contributed by atoms with E-state index in [0.29, 0.717) is 5.56 Å². The lowest BCUT2D eigenvalue weighted by Gasteiger charge is -2.21. The van der Waals surface area contributed by atoms with Gasteiger partial charge >= 0.3 is 0 Å². The number of rotatable bonds is 3. The number of nitrogens with zero attached hydrogens (tertiary/aromatic N) is 3. The molecule has 1 saturated heterocycles. The molecule has 0 spiro atoms. The van der Waals surface area contributed by atoms with E-state index < -0.39 is 4.92 Å². The number of non-ortho nitro benzene ring substituents is 1. The lowest BCUT2D eigenvalue weighted by Crippen LogP contribution is -2.24. The van der Waals surface area contributed by atoms with E-state index in [4.69, 9.17) is 0 Å². The van der Waals surface area contributed by atoms with Crippen LogP contribution >= 0.6 is 0 Å². The van der Waals surface area contributed by atoms with Crippen molar-refractivity contribution in [2.75, 3.05) is 13.1 Å². The van der Waals surface area contributed by atoms with Crippen molar-refractivity contribution in [2.24, 2.45) is 0 Å². The molecule has 1 aromatic rings. The Labute approximate surface area is 99.4 Å². The van der Waals surface area contributed by atoms with Crippen LogP contribution in [0.1, 0.15) is 24.4 Å². The van der Waals surface area contributed by atoms with Crippen LogP contribution < -0.4 is 0 Å². The molecule has 5 nitrogen and oxygen atoms in total. The molecule has 1 atom stereocenters. The normalized spacial score (nSPS) is 17.6. The number of hydrogen-bond donors (Lipinski definition) is 0. The van der Waals surface area contributed by atoms with E-state index in [1.54, 1.807) is 12.1 Å². The molecule has 1 aromatic carbocycles. The van der Waals surface area contributed by atoms with Gasteiger partial charge in [-0.05, 0) is 31.5 Å². The van der Waals surface area contributed by atoms with Crippen molar-refractivity contribution in [1.29, 1.82) is 5.26 Å². The summed E-state index contributed by atoms with van der Waals surface area (Å²) in [6.45, 7) is 1.78. The van der Waals surface area contributed by atoms with Gasteiger partial charge in [0, 0.05) is 12.1 Å². The number of likely N-dealkylation sites (tertiary alicyclic amines) is 1. The van der Waals surface area contributed by atoms with Crippen molar-refractivity contribution >= 4 is 5.69 Å². The summed E-state index contributed by atoms with van der Waals surface area (Å²) in [5, 5.41) is 19.9. The first-order valence-electron chi connectivity index (χ1n) is 5.60. The second-order valence-electron chi connectivity index (χ2n) is 4.13. The van der Waals surface area contributed by atoms with Gasteiger partial charge in [-0.15, -0.1) is 0 Å². The van der Waals surface area contributed by atoms with Crippen LogP contribution in [0.25, 0.3) is 0 Å². The SMILES string of the molecule is N#C[C@@H](c1cccc([N+](=O)[O-])c1)N1CCCC1. The first kappa shape index (κ1) is 11.6. The van der Waals surface area contributed by atoms with Crippen LogP contribution in [0.5, 0.6) is 0 Å². The maximum absolute atomic E-state index is 10.7. The molecule has 0 radical (unpaired) electrons. The monoisotopic (exact) mass is 231 g/mol. The fraction of sp³-hybridized carbons (Fsp3) is 0.417. The van der Waals surface area contributed by atoms with E-state index in [2.05, 4.69) is 11.0 Å². The van der Waals surface area contributed by atoms with Crippen LogP contribution in [0.15, 0.2) is 24.3 Å². The highest BCUT2D eigenvalue weighted by Crippen LogP contribution is 2.26. The standard InChI is InChI=1S/C12H13N3O2/c13-9-12(14-6-1-2-7-14)10-4-3-5-11(8-10)15(16)17/h3-5,8,12H,1-2,6-7H2/t12-/m0/s1. The van der Waals surface area contributed by atoms with Gasteiger partial charge < -0.3 is 0 Å². The molecular formula is C12H13N3O2. The third kappa shape index (κ3) is 2.43. The van der Waals surface area contributed by atoms with Gasteiger partial charge in [-0.25, -0.2) is 0 Å². The van der Waals surface area contributed by atoms with Crippen LogP contribution in [-0.2, 0) is 0 Å². The van der Waals surface area contributed by atoms with Crippen LogP contribution in [0.4, 0.5) is 5.69 Å². The second-order valence-corrected chi connectivity index (χ2v) is 4.13. The molecule has 5 heteroatoms. The summed E-state index contributed by atoms with van der Waals surface area (Å²) in [7, 11) is 0. The summed E-state index contributed by atoms with van der Waals surface area (Å²) < 4.78 is 0. The number of hydrogen-bond acceptors (Lipinski definition) is 4. The number of nitro benzene ring substituents is 1. The summed E-state index contributed by atoms with van der Waals surface area (Å²) in [5.41, 5.74) is 0.755. The lowest BCUT2D eigenvalue weighted by molar-refractivity contribution is -0.384. The highest BCUT2D eigenvalue weighted by Gasteiger charge is 2.24. The van der Waals surface area contributed by atoms with E-state index in [-0.39, 0.29) is 11.7 Å². The Morgan fingerprint density at radius 1 is 1.41 bits per heavy atom. The molecule has 1 aliphatic heterocycles. The van der Waals surface area contributed by atoms with Gasteiger partial charge in [-0.1, -0.05) is 12.1 Å². The van der Waals surface area contributed by atoms with E-state index in [1.807, 2.05) is 0 Å². The molecule has 0 saturated carbocycles. The Hall–Kier alpha value is -1.93. The van der Waals surface area contributed by atoms with Gasteiger partial charge in [0.25, 0.3) is 5.69 Å². The Balaban J connectivity index is 2.27. The summed E-state index contributed by atoms with van der Waals surface area (Å²) in [5.74, 6) is 0. The van der Waals surface area contributed by atoms with Crippen molar-refractivity contribution < 1.29 is 4.92 Å². The van der Waals surface area contributed by atoms with E-state index in [1.165, 1.54) is 12.1 Å². The predicted molar refractivity (Wildman–Crippen MR) is 62.3 cm³/mol. The molecule has 0 N–H and O–H groups in total. The maximum atomic E-state index is 10.7. The van der Waals surface area contributed by atoms with Gasteiger partial charge in [0.15, 0.2) is 0 Å². The van der Waals surface area contributed by atoms with Crippen molar-refractivity contribution in [1.82, 2.24) is 4.90 Å². The highest BCUT2D eigenvalue weighted by molar-refractivity contribution is 5.37. The highest BCUT2D eigenvalue weighted by atomic mass is 16.6. The average Bonchev–Trinajstić information content (AvgIpc) is 2.84. The van der Waals surface area contributed by atoms with E-state index in [0.717, 1.165) is 25.9 Å². The first-order valence-corrected chi connectivity index (χ1v) is 5.60. The fourth-order valence-corrected chi connectivity index (χ4v) is 2.18. The summed E-state index contributed by atoms with van der Waals surface area (Å²) in [6, 6.07) is 8.21. The molecular weight excluding hydrogens is 218 g/mol. The zero-order valence-corrected chi connectivity index (χ0v) is 9.37. The third-order valence-electron chi connectivity index (χ3n) is 3.02. The number of benzene rings is 1. The van der Waals surface area contributed by atoms with Crippen LogP contribution in [-0.4, -0.2) is 22.9 Å². The smallest absolute Gasteiger partial charge is 0.269 e. The van der Waals surface area contributed by atoms with Gasteiger partial charge in [-0.3, -0.25) is 15.0 Å². The topological polar surface area (TPSA) is 70.2 Å². The molecule has 0 unspecified atom stereocenters. The van der Waals surface area contributed by atoms with Crippen molar-refractivity contribution in [2.45, 2.75) is 18.9 Å². The second kappa shape index (κ2) is 4.93. The molecule has 2 rings (SSSR count). The Kier molecular flexibility index (Phi) is 3.35. The molecule has 0 amide bonds. The quantitative estimate of drug-likeness (QED) is 0.591. The van der Waals surface area contributed by atoms with Crippen molar-refractivity contribution in [3.63, 3.8) is 0 Å². The van der Waals surface area contributed by atoms with Gasteiger partial charge in [0.1, 0.15) is 6.04 Å². The summed E-state index contributed by atoms with van der Waals surface area (Å²) in [4.78, 5) is 12.3. The van der Waals surface area contributed by atoms with Gasteiger partial charge in [-0.2, -0.15) is 5.26 Å². The zero-order valence-electron chi connectivity index (χ0n) is 9.37. The predicted octanol–water partition coefficient (Wildman–Crippen LogP) is 2.26. The minimum Gasteiger partial charge on any atom is -0.284 e. The molecule has 1 heterocycles. The van der Waals surface area contributed by atoms with E-state index in [9.17, 15) is 15.4 Å². The molecule has 0 aliphatic carbocycles. The van der Waals surface area contributed by atoms with Crippen molar-refractivity contribution in [3.05, 3.63) is 39.9 Å². The fourth-order valence-electron chi connectivity index (χ4n) is 2.18. The largest absolute Gasteiger partial charge is 0.284 e. The molecule has 1 fully saturated rings. The Bertz CT molecular complexity index is 461. The Morgan fingerprint density at radius 2 is 2.12 bits per heavy atom. The number of nitriles is 1. The van der Waals surface area contributed by atoms with Crippen LogP contribution in [0.2, 0.25) is 0 Å².